The predicted molar refractivity (Wildman–Crippen MR) is 103 cm³/mol. The zero-order valence-electron chi connectivity index (χ0n) is 16.4. The predicted octanol–water partition coefficient (Wildman–Crippen LogP) is 5.18. The van der Waals surface area contributed by atoms with Crippen LogP contribution in [0.5, 0.6) is 0 Å². The molecule has 4 nitrogen and oxygen atoms in total. The molecule has 0 bridgehead atoms. The third kappa shape index (κ3) is 4.13. The minimum atomic E-state index is -0.490. The summed E-state index contributed by atoms with van der Waals surface area (Å²) in [7, 11) is 0. The van der Waals surface area contributed by atoms with Gasteiger partial charge in [0.05, 0.1) is 11.1 Å². The van der Waals surface area contributed by atoms with Crippen LogP contribution in [-0.4, -0.2) is 16.2 Å². The molecule has 4 heteroatoms. The molecule has 0 atom stereocenters. The highest BCUT2D eigenvalue weighted by Crippen LogP contribution is 2.48. The van der Waals surface area contributed by atoms with Crippen molar-refractivity contribution in [2.45, 2.75) is 71.9 Å². The van der Waals surface area contributed by atoms with Crippen molar-refractivity contribution in [2.24, 2.45) is 5.92 Å². The van der Waals surface area contributed by atoms with Gasteiger partial charge in [-0.25, -0.2) is 0 Å². The summed E-state index contributed by atoms with van der Waals surface area (Å²) in [6.45, 7) is 12.4. The number of amides is 1. The Morgan fingerprint density at radius 1 is 1.16 bits per heavy atom. The van der Waals surface area contributed by atoms with E-state index in [0.717, 1.165) is 29.7 Å². The first-order valence-electron chi connectivity index (χ1n) is 9.16. The summed E-state index contributed by atoms with van der Waals surface area (Å²) in [6.07, 6.45) is 6.56. The first-order valence-corrected chi connectivity index (χ1v) is 9.16. The molecule has 1 aliphatic rings. The molecule has 1 aromatic carbocycles. The van der Waals surface area contributed by atoms with E-state index in [1.54, 1.807) is 0 Å². The molecule has 138 valence electrons. The number of rotatable bonds is 6. The number of hydrogen-bond donors (Lipinski definition) is 2. The molecule has 2 N–H and O–H groups in total. The highest BCUT2D eigenvalue weighted by molar-refractivity contribution is 5.91. The Hall–Kier alpha value is -1.65. The largest absolute Gasteiger partial charge is 0.326 e. The van der Waals surface area contributed by atoms with Crippen molar-refractivity contribution in [2.75, 3.05) is 5.32 Å². The lowest BCUT2D eigenvalue weighted by Gasteiger charge is -2.34. The van der Waals surface area contributed by atoms with Crippen molar-refractivity contribution in [3.63, 3.8) is 0 Å². The molecule has 0 aromatic heterocycles. The molecule has 0 spiro atoms. The summed E-state index contributed by atoms with van der Waals surface area (Å²) >= 11 is 0. The van der Waals surface area contributed by atoms with Crippen molar-refractivity contribution >= 4 is 11.6 Å². The normalized spacial score (nSPS) is 18.7. The topological polar surface area (TPSA) is 52.6 Å². The van der Waals surface area contributed by atoms with E-state index in [9.17, 15) is 10.0 Å². The second kappa shape index (κ2) is 7.30. The van der Waals surface area contributed by atoms with E-state index in [2.05, 4.69) is 25.2 Å². The number of nitrogens with zero attached hydrogens (tertiary/aromatic N) is 1. The Kier molecular flexibility index (Phi) is 5.75. The average molecular weight is 344 g/mol. The second-order valence-corrected chi connectivity index (χ2v) is 8.39. The molecule has 1 amide bonds. The molecule has 1 heterocycles. The SMILES string of the molecule is CC(C)CC/C=C/CC(=O)Nc1ccc2c(c1)C(C)(C)N(O)C2(C)C. The van der Waals surface area contributed by atoms with Gasteiger partial charge in [0.2, 0.25) is 5.91 Å². The van der Waals surface area contributed by atoms with Gasteiger partial charge in [0.25, 0.3) is 0 Å². The minimum absolute atomic E-state index is 0.0170. The number of allylic oxidation sites excluding steroid dienone is 1. The van der Waals surface area contributed by atoms with Crippen molar-refractivity contribution in [3.05, 3.63) is 41.5 Å². The molecule has 1 aliphatic heterocycles. The van der Waals surface area contributed by atoms with E-state index in [1.807, 2.05) is 52.0 Å². The number of carbonyl (C=O) groups excluding carboxylic acids is 1. The van der Waals surface area contributed by atoms with Gasteiger partial charge in [0.15, 0.2) is 0 Å². The van der Waals surface area contributed by atoms with E-state index in [0.29, 0.717) is 12.3 Å². The van der Waals surface area contributed by atoms with Crippen LogP contribution >= 0.6 is 0 Å². The molecule has 0 saturated heterocycles. The van der Waals surface area contributed by atoms with Gasteiger partial charge in [-0.05, 0) is 69.7 Å². The van der Waals surface area contributed by atoms with Crippen molar-refractivity contribution < 1.29 is 10.0 Å². The smallest absolute Gasteiger partial charge is 0.228 e. The van der Waals surface area contributed by atoms with E-state index in [-0.39, 0.29) is 5.91 Å². The third-order valence-corrected chi connectivity index (χ3v) is 5.06. The monoisotopic (exact) mass is 344 g/mol. The van der Waals surface area contributed by atoms with Crippen LogP contribution in [0.2, 0.25) is 0 Å². The quantitative estimate of drug-likeness (QED) is 0.699. The van der Waals surface area contributed by atoms with Crippen LogP contribution in [0.1, 0.15) is 71.9 Å². The summed E-state index contributed by atoms with van der Waals surface area (Å²) in [5.74, 6) is 0.667. The number of hydrogen-bond acceptors (Lipinski definition) is 3. The zero-order valence-corrected chi connectivity index (χ0v) is 16.4. The fourth-order valence-electron chi connectivity index (χ4n) is 3.54. The van der Waals surface area contributed by atoms with Gasteiger partial charge in [-0.15, -0.1) is 0 Å². The Morgan fingerprint density at radius 2 is 1.80 bits per heavy atom. The average Bonchev–Trinajstić information content (AvgIpc) is 2.65. The van der Waals surface area contributed by atoms with Gasteiger partial charge >= 0.3 is 0 Å². The summed E-state index contributed by atoms with van der Waals surface area (Å²) in [5, 5.41) is 14.9. The third-order valence-electron chi connectivity index (χ3n) is 5.06. The maximum Gasteiger partial charge on any atom is 0.228 e. The van der Waals surface area contributed by atoms with Crippen LogP contribution in [0.25, 0.3) is 0 Å². The molecule has 2 rings (SSSR count). The molecular formula is C21H32N2O2. The lowest BCUT2D eigenvalue weighted by Crippen LogP contribution is -2.42. The van der Waals surface area contributed by atoms with Crippen LogP contribution in [0.15, 0.2) is 30.4 Å². The summed E-state index contributed by atoms with van der Waals surface area (Å²) < 4.78 is 0. The van der Waals surface area contributed by atoms with Crippen LogP contribution in [0.4, 0.5) is 5.69 Å². The number of fused-ring (bicyclic) bond motifs is 1. The first-order chi connectivity index (χ1) is 11.6. The van der Waals surface area contributed by atoms with Crippen LogP contribution < -0.4 is 5.32 Å². The molecular weight excluding hydrogens is 312 g/mol. The number of anilines is 1. The Balaban J connectivity index is 2.04. The van der Waals surface area contributed by atoms with Gasteiger partial charge in [0.1, 0.15) is 0 Å². The zero-order chi connectivity index (χ0) is 18.8. The first kappa shape index (κ1) is 19.7. The Bertz CT molecular complexity index is 660. The van der Waals surface area contributed by atoms with Crippen molar-refractivity contribution in [1.82, 2.24) is 5.06 Å². The lowest BCUT2D eigenvalue weighted by molar-refractivity contribution is -0.216. The fraction of sp³-hybridized carbons (Fsp3) is 0.571. The molecule has 0 radical (unpaired) electrons. The molecule has 0 unspecified atom stereocenters. The number of carbonyl (C=O) groups is 1. The van der Waals surface area contributed by atoms with Crippen LogP contribution in [0.3, 0.4) is 0 Å². The maximum absolute atomic E-state index is 12.1. The van der Waals surface area contributed by atoms with E-state index >= 15 is 0 Å². The van der Waals surface area contributed by atoms with Gasteiger partial charge in [-0.2, -0.15) is 5.06 Å². The summed E-state index contributed by atoms with van der Waals surface area (Å²) in [4.78, 5) is 12.1. The summed E-state index contributed by atoms with van der Waals surface area (Å²) in [6, 6.07) is 5.89. The van der Waals surface area contributed by atoms with E-state index in [4.69, 9.17) is 0 Å². The number of benzene rings is 1. The number of nitrogens with one attached hydrogen (secondary N) is 1. The lowest BCUT2D eigenvalue weighted by atomic mass is 9.90. The number of hydroxylamine groups is 2. The van der Waals surface area contributed by atoms with Gasteiger partial charge in [-0.3, -0.25) is 4.79 Å². The Labute approximate surface area is 151 Å². The summed E-state index contributed by atoms with van der Waals surface area (Å²) in [5.41, 5.74) is 1.98. The highest BCUT2D eigenvalue weighted by atomic mass is 16.5. The molecule has 25 heavy (non-hydrogen) atoms. The minimum Gasteiger partial charge on any atom is -0.326 e. The fourth-order valence-corrected chi connectivity index (χ4v) is 3.54. The maximum atomic E-state index is 12.1. The van der Waals surface area contributed by atoms with Gasteiger partial charge < -0.3 is 10.5 Å². The van der Waals surface area contributed by atoms with Crippen LogP contribution in [-0.2, 0) is 15.9 Å². The molecule has 0 fully saturated rings. The second-order valence-electron chi connectivity index (χ2n) is 8.39. The Morgan fingerprint density at radius 3 is 2.44 bits per heavy atom. The standard InChI is InChI=1S/C21H32N2O2/c1-15(2)10-8-7-9-11-19(24)22-16-12-13-17-18(14-16)21(5,6)23(25)20(17,3)4/h7,9,12-15,25H,8,10-11H2,1-6H3,(H,22,24)/b9-7+. The van der Waals surface area contributed by atoms with E-state index < -0.39 is 11.1 Å². The molecule has 0 saturated carbocycles. The van der Waals surface area contributed by atoms with Crippen LogP contribution in [0, 0.1) is 5.92 Å². The van der Waals surface area contributed by atoms with Gasteiger partial charge in [0, 0.05) is 12.1 Å². The molecule has 0 aliphatic carbocycles. The van der Waals surface area contributed by atoms with E-state index in [1.165, 1.54) is 5.06 Å². The van der Waals surface area contributed by atoms with Crippen molar-refractivity contribution in [1.29, 1.82) is 0 Å². The van der Waals surface area contributed by atoms with Gasteiger partial charge in [-0.1, -0.05) is 32.1 Å². The molecule has 1 aromatic rings. The highest BCUT2D eigenvalue weighted by Gasteiger charge is 2.48. The van der Waals surface area contributed by atoms with Crippen molar-refractivity contribution in [3.8, 4) is 0 Å².